The monoisotopic (exact) mass is 301 g/mol. The molecule has 6 heteroatoms. The summed E-state index contributed by atoms with van der Waals surface area (Å²) in [5, 5.41) is 5.47. The Morgan fingerprint density at radius 3 is 2.90 bits per heavy atom. The third-order valence-electron chi connectivity index (χ3n) is 3.41. The maximum atomic E-state index is 4.77. The van der Waals surface area contributed by atoms with E-state index in [0.29, 0.717) is 0 Å². The topological polar surface area (TPSA) is 45.5 Å². The number of nitrogens with zero attached hydrogens (tertiary/aromatic N) is 4. The summed E-state index contributed by atoms with van der Waals surface area (Å²) < 4.78 is 2.17. The average Bonchev–Trinajstić information content (AvgIpc) is 3.07. The van der Waals surface area contributed by atoms with Crippen LogP contribution < -0.4 is 10.2 Å². The Balaban J connectivity index is 1.89. The number of aromatic nitrogens is 3. The van der Waals surface area contributed by atoms with Gasteiger partial charge in [-0.15, -0.1) is 11.3 Å². The average molecular weight is 301 g/mol. The second-order valence-electron chi connectivity index (χ2n) is 4.93. The van der Waals surface area contributed by atoms with Gasteiger partial charge in [-0.1, -0.05) is 6.92 Å². The van der Waals surface area contributed by atoms with Crippen LogP contribution in [0.3, 0.4) is 0 Å². The van der Waals surface area contributed by atoms with Gasteiger partial charge in [0.25, 0.3) is 0 Å². The Kier molecular flexibility index (Phi) is 4.17. The first-order valence-corrected chi connectivity index (χ1v) is 7.92. The lowest BCUT2D eigenvalue weighted by Gasteiger charge is -2.18. The number of fused-ring (bicyclic) bond motifs is 1. The number of hydrogen-bond donors (Lipinski definition) is 1. The first-order chi connectivity index (χ1) is 10.3. The molecule has 0 saturated heterocycles. The third kappa shape index (κ3) is 2.91. The lowest BCUT2D eigenvalue weighted by Crippen LogP contribution is -2.21. The molecule has 3 heterocycles. The van der Waals surface area contributed by atoms with Gasteiger partial charge in [0.1, 0.15) is 0 Å². The SMILES string of the molecule is CCNCc1c(N(C)Cc2ccncc2)nc2sccn12. The van der Waals surface area contributed by atoms with Gasteiger partial charge < -0.3 is 10.2 Å². The van der Waals surface area contributed by atoms with Crippen LogP contribution in [0.5, 0.6) is 0 Å². The molecule has 0 aliphatic carbocycles. The predicted molar refractivity (Wildman–Crippen MR) is 86.8 cm³/mol. The van der Waals surface area contributed by atoms with Gasteiger partial charge in [-0.25, -0.2) is 4.98 Å². The molecule has 21 heavy (non-hydrogen) atoms. The predicted octanol–water partition coefficient (Wildman–Crippen LogP) is 2.54. The Morgan fingerprint density at radius 2 is 2.14 bits per heavy atom. The maximum absolute atomic E-state index is 4.77. The van der Waals surface area contributed by atoms with Crippen LogP contribution in [0.2, 0.25) is 0 Å². The quantitative estimate of drug-likeness (QED) is 0.760. The highest BCUT2D eigenvalue weighted by atomic mass is 32.1. The van der Waals surface area contributed by atoms with Crippen molar-refractivity contribution in [2.75, 3.05) is 18.5 Å². The molecule has 1 N–H and O–H groups in total. The summed E-state index contributed by atoms with van der Waals surface area (Å²) in [4.78, 5) is 12.1. The molecule has 0 fully saturated rings. The van der Waals surface area contributed by atoms with Gasteiger partial charge in [0, 0.05) is 44.1 Å². The van der Waals surface area contributed by atoms with E-state index in [4.69, 9.17) is 4.98 Å². The number of hydrogen-bond acceptors (Lipinski definition) is 5. The van der Waals surface area contributed by atoms with E-state index >= 15 is 0 Å². The van der Waals surface area contributed by atoms with Gasteiger partial charge in [0.15, 0.2) is 10.8 Å². The first kappa shape index (κ1) is 14.0. The summed E-state index contributed by atoms with van der Waals surface area (Å²) in [6.07, 6.45) is 5.74. The second kappa shape index (κ2) is 6.24. The molecule has 0 atom stereocenters. The molecule has 0 radical (unpaired) electrons. The number of imidazole rings is 1. The Labute approximate surface area is 128 Å². The van der Waals surface area contributed by atoms with Crippen LogP contribution in [0, 0.1) is 0 Å². The summed E-state index contributed by atoms with van der Waals surface area (Å²) in [6, 6.07) is 4.08. The van der Waals surface area contributed by atoms with Crippen molar-refractivity contribution in [3.63, 3.8) is 0 Å². The van der Waals surface area contributed by atoms with Crippen LogP contribution in [0.25, 0.3) is 4.96 Å². The van der Waals surface area contributed by atoms with Crippen LogP contribution in [-0.4, -0.2) is 28.0 Å². The van der Waals surface area contributed by atoms with Gasteiger partial charge in [0.2, 0.25) is 0 Å². The van der Waals surface area contributed by atoms with Crippen LogP contribution in [-0.2, 0) is 13.1 Å². The van der Waals surface area contributed by atoms with Crippen LogP contribution >= 0.6 is 11.3 Å². The van der Waals surface area contributed by atoms with Crippen LogP contribution in [0.15, 0.2) is 36.1 Å². The largest absolute Gasteiger partial charge is 0.354 e. The highest BCUT2D eigenvalue weighted by Crippen LogP contribution is 2.25. The van der Waals surface area contributed by atoms with E-state index in [-0.39, 0.29) is 0 Å². The molecule has 0 unspecified atom stereocenters. The molecule has 3 aromatic rings. The fraction of sp³-hybridized carbons (Fsp3) is 0.333. The van der Waals surface area contributed by atoms with Crippen molar-refractivity contribution in [2.24, 2.45) is 0 Å². The van der Waals surface area contributed by atoms with Crippen molar-refractivity contribution < 1.29 is 0 Å². The minimum atomic E-state index is 0.824. The second-order valence-corrected chi connectivity index (χ2v) is 5.80. The Hall–Kier alpha value is -1.92. The fourth-order valence-corrected chi connectivity index (χ4v) is 3.10. The van der Waals surface area contributed by atoms with Crippen molar-refractivity contribution in [3.05, 3.63) is 47.4 Å². The van der Waals surface area contributed by atoms with Crippen molar-refractivity contribution in [1.82, 2.24) is 19.7 Å². The van der Waals surface area contributed by atoms with Crippen molar-refractivity contribution in [1.29, 1.82) is 0 Å². The van der Waals surface area contributed by atoms with Gasteiger partial charge in [-0.3, -0.25) is 9.38 Å². The molecular weight excluding hydrogens is 282 g/mol. The first-order valence-electron chi connectivity index (χ1n) is 7.04. The van der Waals surface area contributed by atoms with Crippen molar-refractivity contribution in [3.8, 4) is 0 Å². The number of anilines is 1. The Bertz CT molecular complexity index is 703. The van der Waals surface area contributed by atoms with Crippen LogP contribution in [0.4, 0.5) is 5.82 Å². The van der Waals surface area contributed by atoms with E-state index in [1.807, 2.05) is 24.5 Å². The van der Waals surface area contributed by atoms with Gasteiger partial charge in [-0.2, -0.15) is 0 Å². The summed E-state index contributed by atoms with van der Waals surface area (Å²) in [5.74, 6) is 1.04. The smallest absolute Gasteiger partial charge is 0.195 e. The number of pyridine rings is 1. The molecule has 3 rings (SSSR count). The molecule has 0 aromatic carbocycles. The summed E-state index contributed by atoms with van der Waals surface area (Å²) in [5.41, 5.74) is 2.45. The zero-order valence-corrected chi connectivity index (χ0v) is 13.1. The van der Waals surface area contributed by atoms with Gasteiger partial charge in [-0.05, 0) is 24.2 Å². The van der Waals surface area contributed by atoms with Crippen molar-refractivity contribution >= 4 is 22.1 Å². The lowest BCUT2D eigenvalue weighted by molar-refractivity contribution is 0.702. The molecule has 0 amide bonds. The normalized spacial score (nSPS) is 11.1. The van der Waals surface area contributed by atoms with E-state index in [1.54, 1.807) is 11.3 Å². The highest BCUT2D eigenvalue weighted by molar-refractivity contribution is 7.15. The molecule has 5 nitrogen and oxygen atoms in total. The maximum Gasteiger partial charge on any atom is 0.195 e. The minimum Gasteiger partial charge on any atom is -0.354 e. The third-order valence-corrected chi connectivity index (χ3v) is 4.17. The number of rotatable bonds is 6. The summed E-state index contributed by atoms with van der Waals surface area (Å²) >= 11 is 1.67. The summed E-state index contributed by atoms with van der Waals surface area (Å²) in [7, 11) is 2.09. The zero-order valence-electron chi connectivity index (χ0n) is 12.3. The van der Waals surface area contributed by atoms with E-state index < -0.39 is 0 Å². The number of thiazole rings is 1. The van der Waals surface area contributed by atoms with Crippen LogP contribution in [0.1, 0.15) is 18.2 Å². The molecule has 110 valence electrons. The van der Waals surface area contributed by atoms with Gasteiger partial charge >= 0.3 is 0 Å². The standard InChI is InChI=1S/C15H19N5S/c1-3-16-10-13-14(18-15-20(13)8-9-21-15)19(2)11-12-4-6-17-7-5-12/h4-9,16H,3,10-11H2,1-2H3. The molecule has 0 bridgehead atoms. The van der Waals surface area contributed by atoms with E-state index in [2.05, 4.69) is 45.1 Å². The Morgan fingerprint density at radius 1 is 1.33 bits per heavy atom. The van der Waals surface area contributed by atoms with Crippen molar-refractivity contribution in [2.45, 2.75) is 20.0 Å². The zero-order chi connectivity index (χ0) is 14.7. The molecule has 0 aliphatic rings. The van der Waals surface area contributed by atoms with E-state index in [0.717, 1.165) is 30.4 Å². The summed E-state index contributed by atoms with van der Waals surface area (Å²) in [6.45, 7) is 4.72. The fourth-order valence-electron chi connectivity index (χ4n) is 2.37. The number of nitrogens with one attached hydrogen (secondary N) is 1. The molecule has 0 saturated carbocycles. The van der Waals surface area contributed by atoms with E-state index in [9.17, 15) is 0 Å². The lowest BCUT2D eigenvalue weighted by atomic mass is 10.2. The van der Waals surface area contributed by atoms with E-state index in [1.165, 1.54) is 11.3 Å². The highest BCUT2D eigenvalue weighted by Gasteiger charge is 2.16. The molecule has 0 spiro atoms. The molecule has 3 aromatic heterocycles. The minimum absolute atomic E-state index is 0.824. The molecule has 0 aliphatic heterocycles. The molecular formula is C15H19N5S. The van der Waals surface area contributed by atoms with Gasteiger partial charge in [0.05, 0.1) is 5.69 Å².